The molecule has 0 radical (unpaired) electrons. The summed E-state index contributed by atoms with van der Waals surface area (Å²) in [5, 5.41) is 14.4. The molecule has 190 valence electrons. The molecule has 1 unspecified atom stereocenters. The number of piperidine rings is 1. The van der Waals surface area contributed by atoms with Crippen molar-refractivity contribution < 1.29 is 19.4 Å². The minimum absolute atomic E-state index is 0.0103. The first-order chi connectivity index (χ1) is 17.6. The Hall–Kier alpha value is -2.94. The van der Waals surface area contributed by atoms with Crippen LogP contribution in [0.25, 0.3) is 0 Å². The summed E-state index contributed by atoms with van der Waals surface area (Å²) in [5.74, 6) is -0.109. The second kappa shape index (κ2) is 9.84. The molecule has 36 heavy (non-hydrogen) atoms. The van der Waals surface area contributed by atoms with Crippen molar-refractivity contribution in [1.29, 1.82) is 0 Å². The highest BCUT2D eigenvalue weighted by Crippen LogP contribution is 2.28. The van der Waals surface area contributed by atoms with Crippen molar-refractivity contribution in [1.82, 2.24) is 14.7 Å². The van der Waals surface area contributed by atoms with E-state index in [4.69, 9.17) is 4.74 Å². The lowest BCUT2D eigenvalue weighted by molar-refractivity contribution is -0.0137. The maximum Gasteiger partial charge on any atom is 0.256 e. The molecule has 0 bridgehead atoms. The van der Waals surface area contributed by atoms with Crippen LogP contribution in [0.1, 0.15) is 44.7 Å². The van der Waals surface area contributed by atoms with E-state index in [0.29, 0.717) is 56.2 Å². The summed E-state index contributed by atoms with van der Waals surface area (Å²) in [6.45, 7) is 5.23. The Balaban J connectivity index is 1.12. The number of amides is 2. The lowest BCUT2D eigenvalue weighted by Crippen LogP contribution is -2.56. The third kappa shape index (κ3) is 4.38. The number of ether oxygens (including phenoxy) is 1. The lowest BCUT2D eigenvalue weighted by Gasteiger charge is -2.43. The van der Waals surface area contributed by atoms with E-state index in [1.165, 1.54) is 11.1 Å². The van der Waals surface area contributed by atoms with E-state index in [2.05, 4.69) is 34.5 Å². The molecule has 0 aliphatic carbocycles. The number of nitrogens with one attached hydrogen (secondary N) is 1. The van der Waals surface area contributed by atoms with Crippen LogP contribution in [0.4, 0.5) is 5.69 Å². The fourth-order valence-electron chi connectivity index (χ4n) is 6.21. The number of anilines is 1. The first-order valence-corrected chi connectivity index (χ1v) is 13.1. The molecule has 3 atom stereocenters. The Morgan fingerprint density at radius 2 is 1.92 bits per heavy atom. The molecule has 2 fully saturated rings. The summed E-state index contributed by atoms with van der Waals surface area (Å²) in [7, 11) is 0. The zero-order valence-corrected chi connectivity index (χ0v) is 20.6. The third-order valence-electron chi connectivity index (χ3n) is 8.24. The van der Waals surface area contributed by atoms with Gasteiger partial charge >= 0.3 is 0 Å². The predicted molar refractivity (Wildman–Crippen MR) is 136 cm³/mol. The van der Waals surface area contributed by atoms with Gasteiger partial charge in [0, 0.05) is 63.2 Å². The Morgan fingerprint density at radius 1 is 1.06 bits per heavy atom. The number of aliphatic hydroxyl groups is 1. The van der Waals surface area contributed by atoms with Gasteiger partial charge in [0.1, 0.15) is 0 Å². The van der Waals surface area contributed by atoms with Gasteiger partial charge in [0.15, 0.2) is 0 Å². The number of β-amino-alcohol motifs (C(OH)–C–C–N with tert-alkyl or cyclic N) is 1. The van der Waals surface area contributed by atoms with E-state index in [9.17, 15) is 14.7 Å². The summed E-state index contributed by atoms with van der Waals surface area (Å²) >= 11 is 0. The molecule has 6 rings (SSSR count). The highest BCUT2D eigenvalue weighted by atomic mass is 16.5. The second-order valence-corrected chi connectivity index (χ2v) is 10.4. The number of rotatable bonds is 3. The van der Waals surface area contributed by atoms with Gasteiger partial charge in [0.25, 0.3) is 11.8 Å². The normalized spacial score (nSPS) is 26.7. The maximum absolute atomic E-state index is 13.4. The van der Waals surface area contributed by atoms with Crippen molar-refractivity contribution in [2.75, 3.05) is 51.3 Å². The number of aliphatic hydroxyl groups excluding tert-OH is 1. The summed E-state index contributed by atoms with van der Waals surface area (Å²) in [6, 6.07) is 14.0. The summed E-state index contributed by atoms with van der Waals surface area (Å²) in [5.41, 5.74) is 4.57. The van der Waals surface area contributed by atoms with Gasteiger partial charge in [0.05, 0.1) is 24.3 Å². The SMILES string of the molecule is O=C(c1ccc2c(c1)NCCN(C1CCOC1)C2=O)N1CC[C@H](N2CCc3ccccc3C2)[C@@H](O)C1. The van der Waals surface area contributed by atoms with Gasteiger partial charge in [0.2, 0.25) is 0 Å². The van der Waals surface area contributed by atoms with Crippen LogP contribution in [0.3, 0.4) is 0 Å². The fraction of sp³-hybridized carbons (Fsp3) is 0.500. The van der Waals surface area contributed by atoms with Crippen LogP contribution in [0, 0.1) is 0 Å². The number of carbonyl (C=O) groups is 2. The molecule has 2 amide bonds. The Labute approximate surface area is 211 Å². The number of nitrogens with zero attached hydrogens (tertiary/aromatic N) is 3. The standard InChI is InChI=1S/C28H34N4O4/c33-26-17-31(12-8-25(26)30-11-7-19-3-1-2-4-21(19)16-30)27(34)20-5-6-23-24(15-20)29-10-13-32(28(23)35)22-9-14-36-18-22/h1-6,15,22,25-26,29,33H,7-14,16-18H2/t22?,25-,26-/m0/s1. The molecule has 4 aliphatic heterocycles. The van der Waals surface area contributed by atoms with Gasteiger partial charge in [-0.25, -0.2) is 0 Å². The molecule has 0 saturated carbocycles. The topological polar surface area (TPSA) is 85.4 Å². The van der Waals surface area contributed by atoms with Gasteiger partial charge < -0.3 is 25.0 Å². The van der Waals surface area contributed by atoms with Crippen molar-refractivity contribution in [2.45, 2.75) is 44.0 Å². The Morgan fingerprint density at radius 3 is 2.72 bits per heavy atom. The average Bonchev–Trinajstić information content (AvgIpc) is 3.39. The van der Waals surface area contributed by atoms with Crippen molar-refractivity contribution in [3.8, 4) is 0 Å². The molecule has 2 aromatic carbocycles. The van der Waals surface area contributed by atoms with Crippen LogP contribution in [-0.2, 0) is 17.7 Å². The van der Waals surface area contributed by atoms with E-state index in [1.807, 2.05) is 4.90 Å². The number of fused-ring (bicyclic) bond motifs is 2. The van der Waals surface area contributed by atoms with Gasteiger partial charge in [-0.15, -0.1) is 0 Å². The average molecular weight is 491 g/mol. The molecule has 2 aromatic rings. The highest BCUT2D eigenvalue weighted by molar-refractivity contribution is 6.03. The van der Waals surface area contributed by atoms with Crippen LogP contribution in [0.15, 0.2) is 42.5 Å². The molecular weight excluding hydrogens is 456 g/mol. The highest BCUT2D eigenvalue weighted by Gasteiger charge is 2.36. The van der Waals surface area contributed by atoms with Crippen molar-refractivity contribution in [3.05, 3.63) is 64.7 Å². The molecule has 4 heterocycles. The molecule has 0 spiro atoms. The van der Waals surface area contributed by atoms with E-state index in [-0.39, 0.29) is 23.9 Å². The Kier molecular flexibility index (Phi) is 6.41. The van der Waals surface area contributed by atoms with Crippen LogP contribution in [0.5, 0.6) is 0 Å². The minimum atomic E-state index is -0.587. The summed E-state index contributed by atoms with van der Waals surface area (Å²) in [6.07, 6.45) is 2.01. The van der Waals surface area contributed by atoms with Crippen molar-refractivity contribution in [3.63, 3.8) is 0 Å². The number of benzene rings is 2. The second-order valence-electron chi connectivity index (χ2n) is 10.4. The monoisotopic (exact) mass is 490 g/mol. The van der Waals surface area contributed by atoms with Gasteiger partial charge in [-0.1, -0.05) is 24.3 Å². The lowest BCUT2D eigenvalue weighted by atomic mass is 9.94. The molecule has 0 aromatic heterocycles. The zero-order valence-electron chi connectivity index (χ0n) is 20.6. The smallest absolute Gasteiger partial charge is 0.256 e. The van der Waals surface area contributed by atoms with Gasteiger partial charge in [-0.2, -0.15) is 0 Å². The first kappa shape index (κ1) is 23.5. The van der Waals surface area contributed by atoms with Crippen LogP contribution >= 0.6 is 0 Å². The summed E-state index contributed by atoms with van der Waals surface area (Å²) in [4.78, 5) is 32.6. The van der Waals surface area contributed by atoms with Crippen LogP contribution < -0.4 is 5.32 Å². The van der Waals surface area contributed by atoms with Crippen molar-refractivity contribution >= 4 is 17.5 Å². The van der Waals surface area contributed by atoms with E-state index in [1.54, 1.807) is 23.1 Å². The molecule has 4 aliphatic rings. The number of carbonyl (C=O) groups excluding carboxylic acids is 2. The molecule has 2 N–H and O–H groups in total. The maximum atomic E-state index is 13.4. The van der Waals surface area contributed by atoms with Gasteiger partial charge in [-0.3, -0.25) is 14.5 Å². The Bertz CT molecular complexity index is 1150. The summed E-state index contributed by atoms with van der Waals surface area (Å²) < 4.78 is 5.49. The fourth-order valence-corrected chi connectivity index (χ4v) is 6.21. The van der Waals surface area contributed by atoms with Crippen molar-refractivity contribution in [2.24, 2.45) is 0 Å². The number of likely N-dealkylation sites (tertiary alicyclic amines) is 1. The van der Waals surface area contributed by atoms with Crippen LogP contribution in [0.2, 0.25) is 0 Å². The molecular formula is C28H34N4O4. The third-order valence-corrected chi connectivity index (χ3v) is 8.24. The number of hydrogen-bond acceptors (Lipinski definition) is 6. The molecule has 2 saturated heterocycles. The number of hydrogen-bond donors (Lipinski definition) is 2. The minimum Gasteiger partial charge on any atom is -0.390 e. The largest absolute Gasteiger partial charge is 0.390 e. The van der Waals surface area contributed by atoms with Gasteiger partial charge in [-0.05, 0) is 48.6 Å². The predicted octanol–water partition coefficient (Wildman–Crippen LogP) is 1.98. The molecule has 8 heteroatoms. The van der Waals surface area contributed by atoms with Crippen LogP contribution in [-0.4, -0.2) is 95.7 Å². The van der Waals surface area contributed by atoms with E-state index < -0.39 is 6.10 Å². The van der Waals surface area contributed by atoms with E-state index in [0.717, 1.165) is 32.4 Å². The zero-order chi connectivity index (χ0) is 24.6. The quantitative estimate of drug-likeness (QED) is 0.685. The molecule has 8 nitrogen and oxygen atoms in total. The van der Waals surface area contributed by atoms with E-state index >= 15 is 0 Å². The first-order valence-electron chi connectivity index (χ1n) is 13.1.